The summed E-state index contributed by atoms with van der Waals surface area (Å²) in [6, 6.07) is 0.686. The molecule has 1 aromatic heterocycles. The minimum Gasteiger partial charge on any atom is -0.331 e. The van der Waals surface area contributed by atoms with Crippen LogP contribution >= 0.6 is 0 Å². The fourth-order valence-electron chi connectivity index (χ4n) is 2.65. The Labute approximate surface area is 97.3 Å². The molecule has 16 heavy (non-hydrogen) atoms. The quantitative estimate of drug-likeness (QED) is 0.823. The molecule has 1 saturated heterocycles. The van der Waals surface area contributed by atoms with Crippen molar-refractivity contribution in [2.75, 3.05) is 13.1 Å². The first-order chi connectivity index (χ1) is 7.88. The zero-order valence-electron chi connectivity index (χ0n) is 10.0. The normalized spacial score (nSPS) is 23.1. The highest BCUT2D eigenvalue weighted by molar-refractivity contribution is 5.12. The third-order valence-corrected chi connectivity index (χ3v) is 4.06. The molecule has 1 saturated carbocycles. The molecular weight excluding hydrogens is 198 g/mol. The van der Waals surface area contributed by atoms with Gasteiger partial charge in [-0.15, -0.1) is 0 Å². The second kappa shape index (κ2) is 4.21. The van der Waals surface area contributed by atoms with Crippen LogP contribution in [0.15, 0.2) is 12.5 Å². The number of aromatic nitrogens is 2. The molecule has 1 aliphatic heterocycles. The monoisotopic (exact) mass is 219 g/mol. The van der Waals surface area contributed by atoms with Crippen LogP contribution in [0.3, 0.4) is 0 Å². The van der Waals surface area contributed by atoms with E-state index in [1.165, 1.54) is 31.4 Å². The van der Waals surface area contributed by atoms with Gasteiger partial charge in [0.2, 0.25) is 0 Å². The highest BCUT2D eigenvalue weighted by Gasteiger charge is 2.29. The average Bonchev–Trinajstić information content (AvgIpc) is 2.92. The summed E-state index contributed by atoms with van der Waals surface area (Å²) in [7, 11) is 0. The van der Waals surface area contributed by atoms with Gasteiger partial charge in [-0.3, -0.25) is 0 Å². The van der Waals surface area contributed by atoms with E-state index >= 15 is 0 Å². The first kappa shape index (κ1) is 10.3. The minimum atomic E-state index is 0.686. The second-order valence-electron chi connectivity index (χ2n) is 5.32. The molecule has 3 nitrogen and oxygen atoms in total. The Morgan fingerprint density at radius 1 is 1.50 bits per heavy atom. The number of nitrogens with one attached hydrogen (secondary N) is 1. The van der Waals surface area contributed by atoms with Crippen molar-refractivity contribution in [2.24, 2.45) is 5.92 Å². The van der Waals surface area contributed by atoms with Gasteiger partial charge >= 0.3 is 0 Å². The van der Waals surface area contributed by atoms with Gasteiger partial charge in [-0.2, -0.15) is 0 Å². The van der Waals surface area contributed by atoms with Crippen LogP contribution in [0.1, 0.15) is 50.3 Å². The summed E-state index contributed by atoms with van der Waals surface area (Å²) in [6.07, 6.45) is 9.61. The summed E-state index contributed by atoms with van der Waals surface area (Å²) in [5.74, 6) is 1.70. The summed E-state index contributed by atoms with van der Waals surface area (Å²) in [5.41, 5.74) is 1.45. The largest absolute Gasteiger partial charge is 0.331 e. The molecule has 1 unspecified atom stereocenters. The predicted octanol–water partition coefficient (Wildman–Crippen LogP) is 2.32. The molecule has 2 aliphatic rings. The fourth-order valence-corrected chi connectivity index (χ4v) is 2.65. The van der Waals surface area contributed by atoms with Gasteiger partial charge in [0.25, 0.3) is 0 Å². The lowest BCUT2D eigenvalue weighted by Gasteiger charge is -2.30. The van der Waals surface area contributed by atoms with E-state index in [1.54, 1.807) is 0 Å². The van der Waals surface area contributed by atoms with Crippen LogP contribution in [0, 0.1) is 5.92 Å². The first-order valence-corrected chi connectivity index (χ1v) is 6.61. The summed E-state index contributed by atoms with van der Waals surface area (Å²) >= 11 is 0. The van der Waals surface area contributed by atoms with Gasteiger partial charge in [-0.25, -0.2) is 4.98 Å². The van der Waals surface area contributed by atoms with E-state index < -0.39 is 0 Å². The molecule has 1 atom stereocenters. The third-order valence-electron chi connectivity index (χ3n) is 4.06. The molecule has 0 spiro atoms. The van der Waals surface area contributed by atoms with E-state index in [2.05, 4.69) is 28.0 Å². The van der Waals surface area contributed by atoms with Crippen molar-refractivity contribution >= 4 is 0 Å². The van der Waals surface area contributed by atoms with Gasteiger partial charge in [0.05, 0.1) is 6.33 Å². The molecule has 1 aliphatic carbocycles. The average molecular weight is 219 g/mol. The lowest BCUT2D eigenvalue weighted by molar-refractivity contribution is 0.373. The Bertz CT molecular complexity index is 350. The predicted molar refractivity (Wildman–Crippen MR) is 64.5 cm³/mol. The van der Waals surface area contributed by atoms with Crippen molar-refractivity contribution in [3.63, 3.8) is 0 Å². The maximum absolute atomic E-state index is 4.36. The van der Waals surface area contributed by atoms with Crippen molar-refractivity contribution < 1.29 is 0 Å². The highest BCUT2D eigenvalue weighted by atomic mass is 15.1. The van der Waals surface area contributed by atoms with Gasteiger partial charge in [0.15, 0.2) is 0 Å². The first-order valence-electron chi connectivity index (χ1n) is 6.61. The Morgan fingerprint density at radius 2 is 2.31 bits per heavy atom. The number of rotatable bonds is 5. The van der Waals surface area contributed by atoms with E-state index in [-0.39, 0.29) is 0 Å². The summed E-state index contributed by atoms with van der Waals surface area (Å²) in [5, 5.41) is 3.35. The van der Waals surface area contributed by atoms with Crippen LogP contribution in [-0.4, -0.2) is 22.6 Å². The number of nitrogens with zero attached hydrogens (tertiary/aromatic N) is 2. The van der Waals surface area contributed by atoms with Crippen molar-refractivity contribution in [3.8, 4) is 0 Å². The van der Waals surface area contributed by atoms with E-state index in [4.69, 9.17) is 0 Å². The minimum absolute atomic E-state index is 0.686. The third kappa shape index (κ3) is 1.88. The van der Waals surface area contributed by atoms with Crippen LogP contribution in [0.25, 0.3) is 0 Å². The number of hydrogen-bond acceptors (Lipinski definition) is 2. The standard InChI is InChI=1S/C13H21N3/c1-2-12(5-10-3-4-10)16-9-15-8-13(16)11-6-14-7-11/h8-12,14H,2-7H2,1H3. The highest BCUT2D eigenvalue weighted by Crippen LogP contribution is 2.38. The van der Waals surface area contributed by atoms with E-state index in [1.807, 2.05) is 6.33 Å². The smallest absolute Gasteiger partial charge is 0.0950 e. The number of imidazole rings is 1. The second-order valence-corrected chi connectivity index (χ2v) is 5.32. The molecule has 3 rings (SSSR count). The lowest BCUT2D eigenvalue weighted by Crippen LogP contribution is -2.41. The van der Waals surface area contributed by atoms with Gasteiger partial charge in [0.1, 0.15) is 0 Å². The molecule has 2 heterocycles. The molecule has 0 bridgehead atoms. The zero-order chi connectivity index (χ0) is 11.0. The van der Waals surface area contributed by atoms with Crippen molar-refractivity contribution in [1.29, 1.82) is 0 Å². The summed E-state index contributed by atoms with van der Waals surface area (Å²) in [4.78, 5) is 4.36. The fraction of sp³-hybridized carbons (Fsp3) is 0.769. The van der Waals surface area contributed by atoms with Crippen LogP contribution in [0.5, 0.6) is 0 Å². The van der Waals surface area contributed by atoms with Gasteiger partial charge in [-0.1, -0.05) is 19.8 Å². The molecule has 88 valence electrons. The van der Waals surface area contributed by atoms with Crippen molar-refractivity contribution in [3.05, 3.63) is 18.2 Å². The van der Waals surface area contributed by atoms with Gasteiger partial charge < -0.3 is 9.88 Å². The van der Waals surface area contributed by atoms with Gasteiger partial charge in [-0.05, 0) is 18.8 Å². The van der Waals surface area contributed by atoms with Crippen LogP contribution in [0.2, 0.25) is 0 Å². The topological polar surface area (TPSA) is 29.9 Å². The Hall–Kier alpha value is -0.830. The van der Waals surface area contributed by atoms with Crippen LogP contribution < -0.4 is 5.32 Å². The zero-order valence-corrected chi connectivity index (χ0v) is 10.0. The van der Waals surface area contributed by atoms with Gasteiger partial charge in [0, 0.05) is 36.9 Å². The Kier molecular flexibility index (Phi) is 2.72. The van der Waals surface area contributed by atoms with E-state index in [0.29, 0.717) is 12.0 Å². The van der Waals surface area contributed by atoms with Crippen LogP contribution in [-0.2, 0) is 0 Å². The molecule has 1 aromatic rings. The van der Waals surface area contributed by atoms with Crippen molar-refractivity contribution in [2.45, 2.75) is 44.6 Å². The molecule has 1 N–H and O–H groups in total. The Morgan fingerprint density at radius 3 is 2.88 bits per heavy atom. The maximum Gasteiger partial charge on any atom is 0.0950 e. The lowest BCUT2D eigenvalue weighted by atomic mass is 9.98. The maximum atomic E-state index is 4.36. The molecule has 2 fully saturated rings. The molecule has 3 heteroatoms. The number of hydrogen-bond donors (Lipinski definition) is 1. The molecule has 0 radical (unpaired) electrons. The summed E-state index contributed by atoms with van der Waals surface area (Å²) in [6.45, 7) is 4.56. The SMILES string of the molecule is CCC(CC1CC1)n1cncc1C1CNC1. The molecule has 0 aromatic carbocycles. The summed E-state index contributed by atoms with van der Waals surface area (Å²) < 4.78 is 2.45. The van der Waals surface area contributed by atoms with Crippen molar-refractivity contribution in [1.82, 2.24) is 14.9 Å². The molecular formula is C13H21N3. The van der Waals surface area contributed by atoms with E-state index in [0.717, 1.165) is 19.0 Å². The molecule has 0 amide bonds. The van der Waals surface area contributed by atoms with Crippen LogP contribution in [0.4, 0.5) is 0 Å². The Balaban J connectivity index is 1.76. The van der Waals surface area contributed by atoms with E-state index in [9.17, 15) is 0 Å².